The molecule has 0 spiro atoms. The van der Waals surface area contributed by atoms with E-state index in [0.717, 1.165) is 18.5 Å². The van der Waals surface area contributed by atoms with Gasteiger partial charge in [0.05, 0.1) is 20.6 Å². The van der Waals surface area contributed by atoms with Crippen molar-refractivity contribution in [2.45, 2.75) is 6.42 Å². The largest absolute Gasteiger partial charge is 1.00 e. The summed E-state index contributed by atoms with van der Waals surface area (Å²) in [5.41, 5.74) is 12.5. The summed E-state index contributed by atoms with van der Waals surface area (Å²) in [4.78, 5) is 12.0. The van der Waals surface area contributed by atoms with Gasteiger partial charge in [0.15, 0.2) is 0 Å². The van der Waals surface area contributed by atoms with Gasteiger partial charge in [-0.15, -0.1) is 0 Å². The Morgan fingerprint density at radius 1 is 1.22 bits per heavy atom. The van der Waals surface area contributed by atoms with Crippen LogP contribution >= 0.6 is 0 Å². The molecule has 0 aliphatic heterocycles. The molecule has 18 heavy (non-hydrogen) atoms. The Morgan fingerprint density at radius 3 is 2.28 bits per heavy atom. The van der Waals surface area contributed by atoms with Crippen LogP contribution in [-0.2, 0) is 0 Å². The third-order valence-electron chi connectivity index (χ3n) is 2.77. The zero-order valence-electron chi connectivity index (χ0n) is 11.0. The number of benzene rings is 1. The predicted octanol–water partition coefficient (Wildman–Crippen LogP) is -2.12. The number of nitrogens with zero attached hydrogens (tertiary/aromatic N) is 1. The number of carbonyl (C=O) groups is 1. The molecule has 5 heteroatoms. The first-order chi connectivity index (χ1) is 7.94. The fourth-order valence-electron chi connectivity index (χ4n) is 1.75. The van der Waals surface area contributed by atoms with Crippen LogP contribution in [-0.4, -0.2) is 44.0 Å². The number of nitrogens with two attached hydrogens (primary N) is 2. The van der Waals surface area contributed by atoms with Gasteiger partial charge >= 0.3 is 0 Å². The zero-order valence-corrected chi connectivity index (χ0v) is 11.8. The average molecular weight is 272 g/mol. The average Bonchev–Trinajstić information content (AvgIpc) is 2.26. The monoisotopic (exact) mass is 271 g/mol. The number of ketones is 1. The molecule has 0 radical (unpaired) electrons. The summed E-state index contributed by atoms with van der Waals surface area (Å²) < 4.78 is 0.667. The van der Waals surface area contributed by atoms with Gasteiger partial charge in [-0.2, -0.15) is 0 Å². The molecule has 0 aliphatic carbocycles. The molecule has 4 N–H and O–H groups in total. The lowest BCUT2D eigenvalue weighted by Gasteiger charge is -2.28. The van der Waals surface area contributed by atoms with Crippen molar-refractivity contribution in [1.82, 2.24) is 0 Å². The number of quaternary nitrogens is 1. The lowest BCUT2D eigenvalue weighted by Crippen LogP contribution is -3.00. The molecule has 102 valence electrons. The maximum absolute atomic E-state index is 12.0. The van der Waals surface area contributed by atoms with Crippen LogP contribution in [0.15, 0.2) is 24.3 Å². The van der Waals surface area contributed by atoms with Crippen LogP contribution in [0.1, 0.15) is 16.8 Å². The number of halogens is 1. The Labute approximate surface area is 115 Å². The van der Waals surface area contributed by atoms with Crippen LogP contribution in [0.2, 0.25) is 0 Å². The van der Waals surface area contributed by atoms with E-state index in [1.165, 1.54) is 0 Å². The second kappa shape index (κ2) is 7.36. The highest BCUT2D eigenvalue weighted by Gasteiger charge is 2.20. The zero-order chi connectivity index (χ0) is 12.9. The summed E-state index contributed by atoms with van der Waals surface area (Å²) in [6.45, 7) is 2.07. The first-order valence-corrected chi connectivity index (χ1v) is 5.85. The van der Waals surface area contributed by atoms with Crippen LogP contribution in [0.25, 0.3) is 0 Å². The van der Waals surface area contributed by atoms with E-state index < -0.39 is 0 Å². The van der Waals surface area contributed by atoms with Crippen molar-refractivity contribution in [3.8, 4) is 0 Å². The van der Waals surface area contributed by atoms with Crippen molar-refractivity contribution in [2.24, 2.45) is 5.73 Å². The number of likely N-dealkylation sites (N-methyl/N-ethyl adjacent to an activating group) is 1. The molecule has 0 heterocycles. The summed E-state index contributed by atoms with van der Waals surface area (Å²) in [5.74, 6) is 0.145. The van der Waals surface area contributed by atoms with Gasteiger partial charge in [0.2, 0.25) is 5.78 Å². The van der Waals surface area contributed by atoms with E-state index in [1.807, 2.05) is 14.1 Å². The van der Waals surface area contributed by atoms with E-state index in [2.05, 4.69) is 0 Å². The smallest absolute Gasteiger partial charge is 0.216 e. The van der Waals surface area contributed by atoms with Gasteiger partial charge in [-0.25, -0.2) is 0 Å². The van der Waals surface area contributed by atoms with E-state index in [4.69, 9.17) is 11.5 Å². The molecular formula is C13H22ClN3O. The Balaban J connectivity index is 0.00000289. The van der Waals surface area contributed by atoms with E-state index in [0.29, 0.717) is 23.3 Å². The quantitative estimate of drug-likeness (QED) is 0.353. The molecule has 0 bridgehead atoms. The molecule has 0 amide bonds. The molecule has 0 aliphatic rings. The van der Waals surface area contributed by atoms with Crippen LogP contribution in [0.4, 0.5) is 5.69 Å². The fraction of sp³-hybridized carbons (Fsp3) is 0.462. The highest BCUT2D eigenvalue weighted by molar-refractivity contribution is 5.97. The summed E-state index contributed by atoms with van der Waals surface area (Å²) in [6.07, 6.45) is 0.933. The third-order valence-corrected chi connectivity index (χ3v) is 2.77. The topological polar surface area (TPSA) is 69.1 Å². The Hall–Kier alpha value is -1.10. The van der Waals surface area contributed by atoms with Gasteiger partial charge in [-0.1, -0.05) is 0 Å². The van der Waals surface area contributed by atoms with Crippen LogP contribution in [0.5, 0.6) is 0 Å². The predicted molar refractivity (Wildman–Crippen MR) is 70.7 cm³/mol. The van der Waals surface area contributed by atoms with Crippen molar-refractivity contribution < 1.29 is 21.7 Å². The number of Topliss-reactive ketones (excluding diaryl/α,β-unsaturated/α-hetero) is 1. The molecule has 0 atom stereocenters. The molecule has 0 fully saturated rings. The molecule has 0 aromatic heterocycles. The first-order valence-electron chi connectivity index (χ1n) is 5.85. The van der Waals surface area contributed by atoms with Crippen molar-refractivity contribution in [3.05, 3.63) is 29.8 Å². The van der Waals surface area contributed by atoms with E-state index >= 15 is 0 Å². The molecule has 0 unspecified atom stereocenters. The molecular weight excluding hydrogens is 250 g/mol. The number of carbonyl (C=O) groups excluding carboxylic acids is 1. The summed E-state index contributed by atoms with van der Waals surface area (Å²) in [6, 6.07) is 7.07. The van der Waals surface area contributed by atoms with E-state index in [-0.39, 0.29) is 18.2 Å². The van der Waals surface area contributed by atoms with Crippen molar-refractivity contribution in [3.63, 3.8) is 0 Å². The van der Waals surface area contributed by atoms with Crippen molar-refractivity contribution in [1.29, 1.82) is 0 Å². The highest BCUT2D eigenvalue weighted by atomic mass is 35.5. The van der Waals surface area contributed by atoms with Gasteiger partial charge in [-0.05, 0) is 30.8 Å². The van der Waals surface area contributed by atoms with Crippen molar-refractivity contribution >= 4 is 11.5 Å². The Morgan fingerprint density at radius 2 is 1.78 bits per heavy atom. The molecule has 1 rings (SSSR count). The van der Waals surface area contributed by atoms with E-state index in [9.17, 15) is 4.79 Å². The molecule has 1 aromatic carbocycles. The molecule has 4 nitrogen and oxygen atoms in total. The lowest BCUT2D eigenvalue weighted by atomic mass is 10.1. The fourth-order valence-corrected chi connectivity index (χ4v) is 1.75. The third kappa shape index (κ3) is 5.49. The molecule has 0 saturated heterocycles. The van der Waals surface area contributed by atoms with Gasteiger partial charge in [0.1, 0.15) is 6.54 Å². The number of nitrogen functional groups attached to an aromatic ring is 1. The number of hydrogen-bond acceptors (Lipinski definition) is 3. The van der Waals surface area contributed by atoms with Crippen LogP contribution in [0.3, 0.4) is 0 Å². The van der Waals surface area contributed by atoms with Crippen molar-refractivity contribution in [2.75, 3.05) is 39.5 Å². The SMILES string of the molecule is C[N+](C)(CCCN)CC(=O)c1ccc(N)cc1.[Cl-]. The Kier molecular flexibility index (Phi) is 6.91. The summed E-state index contributed by atoms with van der Waals surface area (Å²) in [7, 11) is 4.09. The van der Waals surface area contributed by atoms with Gasteiger partial charge in [-0.3, -0.25) is 4.79 Å². The maximum Gasteiger partial charge on any atom is 0.216 e. The second-order valence-corrected chi connectivity index (χ2v) is 5.00. The first kappa shape index (κ1) is 16.9. The van der Waals surface area contributed by atoms with Crippen LogP contribution in [0, 0.1) is 0 Å². The lowest BCUT2D eigenvalue weighted by molar-refractivity contribution is -0.881. The number of rotatable bonds is 6. The summed E-state index contributed by atoms with van der Waals surface area (Å²) in [5, 5.41) is 0. The standard InChI is InChI=1S/C13H21N3O.ClH/c1-16(2,9-3-8-14)10-13(17)11-4-6-12(15)7-5-11;/h4-7H,3,8-10,14H2,1-2H3,(H-,15,17);1H. The minimum atomic E-state index is 0. The normalized spacial score (nSPS) is 10.8. The van der Waals surface area contributed by atoms with E-state index in [1.54, 1.807) is 24.3 Å². The van der Waals surface area contributed by atoms with Gasteiger partial charge < -0.3 is 28.4 Å². The van der Waals surface area contributed by atoms with Gasteiger partial charge in [0, 0.05) is 17.7 Å². The highest BCUT2D eigenvalue weighted by Crippen LogP contribution is 2.09. The Bertz CT molecular complexity index is 376. The molecule has 0 saturated carbocycles. The minimum Gasteiger partial charge on any atom is -1.00 e. The number of hydrogen-bond donors (Lipinski definition) is 2. The number of anilines is 1. The maximum atomic E-state index is 12.0. The van der Waals surface area contributed by atoms with Crippen LogP contribution < -0.4 is 23.9 Å². The second-order valence-electron chi connectivity index (χ2n) is 5.00. The minimum absolute atomic E-state index is 0. The molecule has 1 aromatic rings. The summed E-state index contributed by atoms with van der Waals surface area (Å²) >= 11 is 0. The van der Waals surface area contributed by atoms with Gasteiger partial charge in [0.25, 0.3) is 0 Å².